The van der Waals surface area contributed by atoms with Crippen molar-refractivity contribution in [2.45, 2.75) is 25.8 Å². The van der Waals surface area contributed by atoms with Gasteiger partial charge in [0.25, 0.3) is 0 Å². The number of nitrogens with zero attached hydrogens (tertiary/aromatic N) is 2. The Balaban J connectivity index is 1.93. The maximum absolute atomic E-state index is 5.47. The molecule has 3 nitrogen and oxygen atoms in total. The number of aromatic nitrogens is 2. The van der Waals surface area contributed by atoms with Gasteiger partial charge in [-0.15, -0.1) is 11.3 Å². The summed E-state index contributed by atoms with van der Waals surface area (Å²) in [5.41, 5.74) is 5.47. The molecule has 2 aromatic rings. The van der Waals surface area contributed by atoms with Crippen LogP contribution < -0.4 is 5.73 Å². The van der Waals surface area contributed by atoms with E-state index < -0.39 is 0 Å². The van der Waals surface area contributed by atoms with Crippen LogP contribution in [0.5, 0.6) is 0 Å². The molecule has 0 radical (unpaired) electrons. The Labute approximate surface area is 110 Å². The summed E-state index contributed by atoms with van der Waals surface area (Å²) in [5, 5.41) is 2.07. The summed E-state index contributed by atoms with van der Waals surface area (Å²) < 4.78 is 2.19. The fourth-order valence-corrected chi connectivity index (χ4v) is 2.58. The highest BCUT2D eigenvalue weighted by atomic mass is 32.1. The highest BCUT2D eigenvalue weighted by Gasteiger charge is 2.06. The van der Waals surface area contributed by atoms with E-state index in [1.165, 1.54) is 4.88 Å². The van der Waals surface area contributed by atoms with Crippen LogP contribution in [0, 0.1) is 0 Å². The van der Waals surface area contributed by atoms with Crippen LogP contribution in [0.1, 0.15) is 19.3 Å². The number of thiocarbonyl (C=S) groups is 1. The van der Waals surface area contributed by atoms with Crippen LogP contribution in [-0.4, -0.2) is 14.5 Å². The lowest BCUT2D eigenvalue weighted by Gasteiger charge is -2.06. The number of thiophene rings is 1. The molecule has 0 bridgehead atoms. The van der Waals surface area contributed by atoms with E-state index in [2.05, 4.69) is 21.0 Å². The minimum absolute atomic E-state index is 0.606. The number of nitrogens with two attached hydrogens (primary N) is 1. The molecular weight excluding hydrogens is 250 g/mol. The molecule has 0 aromatic carbocycles. The number of hydrogen-bond acceptors (Lipinski definition) is 3. The largest absolute Gasteiger partial charge is 0.393 e. The third-order valence-corrected chi connectivity index (χ3v) is 3.60. The third-order valence-electron chi connectivity index (χ3n) is 2.53. The van der Waals surface area contributed by atoms with Gasteiger partial charge < -0.3 is 10.3 Å². The maximum atomic E-state index is 5.47. The van der Waals surface area contributed by atoms with E-state index in [1.54, 1.807) is 11.3 Å². The van der Waals surface area contributed by atoms with Crippen molar-refractivity contribution >= 4 is 28.5 Å². The molecule has 17 heavy (non-hydrogen) atoms. The molecule has 2 rings (SSSR count). The van der Waals surface area contributed by atoms with Crippen molar-refractivity contribution < 1.29 is 0 Å². The van der Waals surface area contributed by atoms with Crippen molar-refractivity contribution in [1.29, 1.82) is 0 Å². The van der Waals surface area contributed by atoms with Crippen molar-refractivity contribution in [3.63, 3.8) is 0 Å². The van der Waals surface area contributed by atoms with E-state index in [-0.39, 0.29) is 0 Å². The zero-order valence-corrected chi connectivity index (χ0v) is 11.1. The van der Waals surface area contributed by atoms with Gasteiger partial charge in [-0.1, -0.05) is 18.3 Å². The van der Waals surface area contributed by atoms with Crippen LogP contribution >= 0.6 is 23.6 Å². The van der Waals surface area contributed by atoms with E-state index in [9.17, 15) is 0 Å². The van der Waals surface area contributed by atoms with Gasteiger partial charge in [-0.2, -0.15) is 0 Å². The predicted octanol–water partition coefficient (Wildman–Crippen LogP) is 3.07. The monoisotopic (exact) mass is 265 g/mol. The standard InChI is InChI=1S/C12H15N3S2/c13-11(16)5-1-2-7-15-8-6-14-12(15)10-4-3-9-17-10/h3-4,6,8-9H,1-2,5,7H2,(H2,13,16). The summed E-state index contributed by atoms with van der Waals surface area (Å²) in [6, 6.07) is 4.14. The molecule has 0 aliphatic rings. The second kappa shape index (κ2) is 5.93. The Morgan fingerprint density at radius 3 is 3.06 bits per heavy atom. The molecule has 0 atom stereocenters. The minimum Gasteiger partial charge on any atom is -0.393 e. The smallest absolute Gasteiger partial charge is 0.149 e. The first kappa shape index (κ1) is 12.3. The molecule has 0 aliphatic heterocycles. The van der Waals surface area contributed by atoms with Gasteiger partial charge in [0.15, 0.2) is 0 Å². The fourth-order valence-electron chi connectivity index (χ4n) is 1.70. The number of aryl methyl sites for hydroxylation is 1. The Bertz CT molecular complexity index is 474. The van der Waals surface area contributed by atoms with E-state index >= 15 is 0 Å². The van der Waals surface area contributed by atoms with Gasteiger partial charge in [-0.25, -0.2) is 4.98 Å². The van der Waals surface area contributed by atoms with Crippen LogP contribution in [0.25, 0.3) is 10.7 Å². The first-order chi connectivity index (χ1) is 8.27. The van der Waals surface area contributed by atoms with Crippen molar-refractivity contribution in [3.8, 4) is 10.7 Å². The summed E-state index contributed by atoms with van der Waals surface area (Å²) in [7, 11) is 0. The van der Waals surface area contributed by atoms with Gasteiger partial charge in [0.05, 0.1) is 9.87 Å². The molecule has 0 aliphatic carbocycles. The summed E-state index contributed by atoms with van der Waals surface area (Å²) >= 11 is 6.57. The number of imidazole rings is 1. The normalized spacial score (nSPS) is 10.6. The molecule has 2 heterocycles. The molecule has 0 unspecified atom stereocenters. The van der Waals surface area contributed by atoms with Gasteiger partial charge in [-0.3, -0.25) is 0 Å². The quantitative estimate of drug-likeness (QED) is 0.645. The predicted molar refractivity (Wildman–Crippen MR) is 76.2 cm³/mol. The molecule has 0 fully saturated rings. The maximum Gasteiger partial charge on any atom is 0.149 e. The molecule has 90 valence electrons. The van der Waals surface area contributed by atoms with E-state index in [0.29, 0.717) is 4.99 Å². The highest BCUT2D eigenvalue weighted by Crippen LogP contribution is 2.23. The van der Waals surface area contributed by atoms with Crippen LogP contribution in [0.4, 0.5) is 0 Å². The van der Waals surface area contributed by atoms with Crippen molar-refractivity contribution in [2.24, 2.45) is 5.73 Å². The Kier molecular flexibility index (Phi) is 4.28. The Morgan fingerprint density at radius 2 is 2.35 bits per heavy atom. The Hall–Kier alpha value is -1.20. The molecule has 5 heteroatoms. The summed E-state index contributed by atoms with van der Waals surface area (Å²) in [6.07, 6.45) is 6.82. The van der Waals surface area contributed by atoms with Gasteiger partial charge in [0.2, 0.25) is 0 Å². The van der Waals surface area contributed by atoms with Crippen molar-refractivity contribution in [3.05, 3.63) is 29.9 Å². The van der Waals surface area contributed by atoms with Crippen LogP contribution in [-0.2, 0) is 6.54 Å². The number of unbranched alkanes of at least 4 members (excludes halogenated alkanes) is 1. The summed E-state index contributed by atoms with van der Waals surface area (Å²) in [4.78, 5) is 6.21. The molecule has 0 saturated heterocycles. The van der Waals surface area contributed by atoms with Crippen molar-refractivity contribution in [1.82, 2.24) is 9.55 Å². The highest BCUT2D eigenvalue weighted by molar-refractivity contribution is 7.80. The lowest BCUT2D eigenvalue weighted by Crippen LogP contribution is -2.07. The molecule has 2 aromatic heterocycles. The van der Waals surface area contributed by atoms with Gasteiger partial charge in [0.1, 0.15) is 5.82 Å². The van der Waals surface area contributed by atoms with Crippen LogP contribution in [0.3, 0.4) is 0 Å². The summed E-state index contributed by atoms with van der Waals surface area (Å²) in [5.74, 6) is 1.05. The van der Waals surface area contributed by atoms with E-state index in [4.69, 9.17) is 18.0 Å². The van der Waals surface area contributed by atoms with Crippen molar-refractivity contribution in [2.75, 3.05) is 0 Å². The number of hydrogen-bond donors (Lipinski definition) is 1. The molecular formula is C12H15N3S2. The molecule has 0 spiro atoms. The molecule has 2 N–H and O–H groups in total. The first-order valence-corrected chi connectivity index (χ1v) is 6.89. The SMILES string of the molecule is NC(=S)CCCCn1ccnc1-c1cccs1. The van der Waals surface area contributed by atoms with Crippen LogP contribution in [0.15, 0.2) is 29.9 Å². The van der Waals surface area contributed by atoms with Gasteiger partial charge in [0, 0.05) is 18.9 Å². The first-order valence-electron chi connectivity index (χ1n) is 5.60. The Morgan fingerprint density at radius 1 is 1.47 bits per heavy atom. The van der Waals surface area contributed by atoms with E-state index in [1.807, 2.05) is 18.5 Å². The second-order valence-electron chi connectivity index (χ2n) is 3.84. The lowest BCUT2D eigenvalue weighted by atomic mass is 10.2. The lowest BCUT2D eigenvalue weighted by molar-refractivity contribution is 0.625. The fraction of sp³-hybridized carbons (Fsp3) is 0.333. The van der Waals surface area contributed by atoms with Gasteiger partial charge >= 0.3 is 0 Å². The average molecular weight is 265 g/mol. The summed E-state index contributed by atoms with van der Waals surface area (Å²) in [6.45, 7) is 0.968. The third kappa shape index (κ3) is 3.38. The van der Waals surface area contributed by atoms with E-state index in [0.717, 1.165) is 31.6 Å². The molecule has 0 amide bonds. The van der Waals surface area contributed by atoms with Gasteiger partial charge in [-0.05, 0) is 30.7 Å². The number of rotatable bonds is 6. The topological polar surface area (TPSA) is 43.8 Å². The zero-order chi connectivity index (χ0) is 12.1. The molecule has 0 saturated carbocycles. The minimum atomic E-state index is 0.606. The average Bonchev–Trinajstić information content (AvgIpc) is 2.94. The zero-order valence-electron chi connectivity index (χ0n) is 9.50. The second-order valence-corrected chi connectivity index (χ2v) is 5.32. The van der Waals surface area contributed by atoms with Crippen LogP contribution in [0.2, 0.25) is 0 Å².